The van der Waals surface area contributed by atoms with E-state index in [1.807, 2.05) is 13.0 Å². The van der Waals surface area contributed by atoms with Crippen molar-refractivity contribution in [3.05, 3.63) is 35.9 Å². The van der Waals surface area contributed by atoms with E-state index in [4.69, 9.17) is 4.74 Å². The third kappa shape index (κ3) is 4.55. The molecule has 0 aliphatic carbocycles. The molecule has 1 aromatic rings. The minimum Gasteiger partial charge on any atom is -0.465 e. The summed E-state index contributed by atoms with van der Waals surface area (Å²) in [7, 11) is 0. The minimum atomic E-state index is -0.137. The SMILES string of the molecule is CCOC(=O)C1CNCCN1CCC(C)c1ccccc1. The lowest BCUT2D eigenvalue weighted by molar-refractivity contribution is -0.150. The van der Waals surface area contributed by atoms with Gasteiger partial charge in [0.25, 0.3) is 0 Å². The molecular formula is C17H26N2O2. The number of benzene rings is 1. The Morgan fingerprint density at radius 3 is 2.90 bits per heavy atom. The molecule has 0 aromatic heterocycles. The number of carbonyl (C=O) groups excluding carboxylic acids is 1. The Morgan fingerprint density at radius 2 is 2.19 bits per heavy atom. The number of hydrogen-bond acceptors (Lipinski definition) is 4. The van der Waals surface area contributed by atoms with Crippen LogP contribution in [-0.2, 0) is 9.53 Å². The first-order valence-corrected chi connectivity index (χ1v) is 7.88. The van der Waals surface area contributed by atoms with Gasteiger partial charge in [-0.1, -0.05) is 37.3 Å². The second kappa shape index (κ2) is 8.15. The van der Waals surface area contributed by atoms with Gasteiger partial charge in [-0.2, -0.15) is 0 Å². The molecule has 2 atom stereocenters. The molecule has 0 radical (unpaired) electrons. The zero-order chi connectivity index (χ0) is 15.1. The molecule has 0 saturated carbocycles. The molecule has 1 aliphatic heterocycles. The van der Waals surface area contributed by atoms with Crippen LogP contribution in [0.5, 0.6) is 0 Å². The summed E-state index contributed by atoms with van der Waals surface area (Å²) in [5.74, 6) is 0.404. The minimum absolute atomic E-state index is 0.0999. The Hall–Kier alpha value is -1.39. The van der Waals surface area contributed by atoms with Crippen LogP contribution < -0.4 is 5.32 Å². The molecule has 1 fully saturated rings. The van der Waals surface area contributed by atoms with E-state index in [0.29, 0.717) is 19.1 Å². The molecule has 1 aliphatic rings. The molecule has 116 valence electrons. The summed E-state index contributed by atoms with van der Waals surface area (Å²) in [5, 5.41) is 3.28. The highest BCUT2D eigenvalue weighted by Gasteiger charge is 2.29. The molecule has 2 unspecified atom stereocenters. The van der Waals surface area contributed by atoms with Gasteiger partial charge in [0.1, 0.15) is 6.04 Å². The quantitative estimate of drug-likeness (QED) is 0.814. The fraction of sp³-hybridized carbons (Fsp3) is 0.588. The molecule has 4 heteroatoms. The normalized spacial score (nSPS) is 21.0. The molecular weight excluding hydrogens is 264 g/mol. The maximum Gasteiger partial charge on any atom is 0.324 e. The highest BCUT2D eigenvalue weighted by Crippen LogP contribution is 2.19. The monoisotopic (exact) mass is 290 g/mol. The molecule has 4 nitrogen and oxygen atoms in total. The maximum absolute atomic E-state index is 12.0. The largest absolute Gasteiger partial charge is 0.465 e. The average Bonchev–Trinajstić information content (AvgIpc) is 2.54. The predicted molar refractivity (Wildman–Crippen MR) is 84.3 cm³/mol. The molecule has 1 saturated heterocycles. The van der Waals surface area contributed by atoms with Crippen molar-refractivity contribution in [1.29, 1.82) is 0 Å². The van der Waals surface area contributed by atoms with Crippen molar-refractivity contribution in [1.82, 2.24) is 10.2 Å². The molecule has 0 amide bonds. The van der Waals surface area contributed by atoms with Crippen molar-refractivity contribution >= 4 is 5.97 Å². The van der Waals surface area contributed by atoms with E-state index in [-0.39, 0.29) is 12.0 Å². The van der Waals surface area contributed by atoms with Gasteiger partial charge in [0.15, 0.2) is 0 Å². The van der Waals surface area contributed by atoms with Crippen LogP contribution in [0.1, 0.15) is 31.7 Å². The van der Waals surface area contributed by atoms with Crippen molar-refractivity contribution in [3.63, 3.8) is 0 Å². The lowest BCUT2D eigenvalue weighted by Gasteiger charge is -2.35. The molecule has 0 spiro atoms. The number of nitrogens with one attached hydrogen (secondary N) is 1. The van der Waals surface area contributed by atoms with Crippen LogP contribution in [0, 0.1) is 0 Å². The number of rotatable bonds is 6. The summed E-state index contributed by atoms with van der Waals surface area (Å²) in [5.41, 5.74) is 1.36. The predicted octanol–water partition coefficient (Wildman–Crippen LogP) is 2.02. The summed E-state index contributed by atoms with van der Waals surface area (Å²) < 4.78 is 5.18. The summed E-state index contributed by atoms with van der Waals surface area (Å²) >= 11 is 0. The summed E-state index contributed by atoms with van der Waals surface area (Å²) in [6.45, 7) is 8.02. The Bertz CT molecular complexity index is 436. The van der Waals surface area contributed by atoms with Gasteiger partial charge in [-0.3, -0.25) is 9.69 Å². The average molecular weight is 290 g/mol. The van der Waals surface area contributed by atoms with Gasteiger partial charge in [-0.15, -0.1) is 0 Å². The van der Waals surface area contributed by atoms with Gasteiger partial charge in [0.05, 0.1) is 6.61 Å². The van der Waals surface area contributed by atoms with Crippen molar-refractivity contribution < 1.29 is 9.53 Å². The van der Waals surface area contributed by atoms with E-state index >= 15 is 0 Å². The second-order valence-electron chi connectivity index (χ2n) is 5.61. The van der Waals surface area contributed by atoms with Crippen LogP contribution in [0.3, 0.4) is 0 Å². The van der Waals surface area contributed by atoms with Crippen molar-refractivity contribution in [3.8, 4) is 0 Å². The fourth-order valence-electron chi connectivity index (χ4n) is 2.79. The third-order valence-corrected chi connectivity index (χ3v) is 4.13. The van der Waals surface area contributed by atoms with E-state index in [2.05, 4.69) is 41.4 Å². The fourth-order valence-corrected chi connectivity index (χ4v) is 2.79. The Balaban J connectivity index is 1.89. The summed E-state index contributed by atoms with van der Waals surface area (Å²) in [6, 6.07) is 10.4. The third-order valence-electron chi connectivity index (χ3n) is 4.13. The lowest BCUT2D eigenvalue weighted by Crippen LogP contribution is -2.55. The zero-order valence-electron chi connectivity index (χ0n) is 13.0. The van der Waals surface area contributed by atoms with Gasteiger partial charge in [0.2, 0.25) is 0 Å². The van der Waals surface area contributed by atoms with Crippen LogP contribution in [0.4, 0.5) is 0 Å². The van der Waals surface area contributed by atoms with Gasteiger partial charge in [-0.05, 0) is 31.4 Å². The molecule has 1 heterocycles. The summed E-state index contributed by atoms with van der Waals surface area (Å²) in [6.07, 6.45) is 1.06. The van der Waals surface area contributed by atoms with Crippen LogP contribution in [0.15, 0.2) is 30.3 Å². The first-order chi connectivity index (χ1) is 10.2. The van der Waals surface area contributed by atoms with Crippen molar-refractivity contribution in [2.75, 3.05) is 32.8 Å². The standard InChI is InChI=1S/C17H26N2O2/c1-3-21-17(20)16-13-18-10-12-19(16)11-9-14(2)15-7-5-4-6-8-15/h4-8,14,16,18H,3,9-13H2,1-2H3. The van der Waals surface area contributed by atoms with E-state index < -0.39 is 0 Å². The molecule has 21 heavy (non-hydrogen) atoms. The first-order valence-electron chi connectivity index (χ1n) is 7.88. The Morgan fingerprint density at radius 1 is 1.43 bits per heavy atom. The maximum atomic E-state index is 12.0. The lowest BCUT2D eigenvalue weighted by atomic mass is 9.97. The first kappa shape index (κ1) is 16.0. The molecule has 1 N–H and O–H groups in total. The van der Waals surface area contributed by atoms with Gasteiger partial charge >= 0.3 is 5.97 Å². The van der Waals surface area contributed by atoms with E-state index in [9.17, 15) is 4.79 Å². The van der Waals surface area contributed by atoms with E-state index in [0.717, 1.165) is 26.1 Å². The number of piperazine rings is 1. The second-order valence-corrected chi connectivity index (χ2v) is 5.61. The topological polar surface area (TPSA) is 41.6 Å². The Kier molecular flexibility index (Phi) is 6.21. The summed E-state index contributed by atoms with van der Waals surface area (Å²) in [4.78, 5) is 14.3. The highest BCUT2D eigenvalue weighted by molar-refractivity contribution is 5.76. The highest BCUT2D eigenvalue weighted by atomic mass is 16.5. The Labute approximate surface area is 127 Å². The molecule has 0 bridgehead atoms. The molecule has 1 aromatic carbocycles. The van der Waals surface area contributed by atoms with Gasteiger partial charge in [0, 0.05) is 19.6 Å². The van der Waals surface area contributed by atoms with Crippen LogP contribution in [-0.4, -0.2) is 49.7 Å². The number of nitrogens with zero attached hydrogens (tertiary/aromatic N) is 1. The van der Waals surface area contributed by atoms with Gasteiger partial charge < -0.3 is 10.1 Å². The van der Waals surface area contributed by atoms with Crippen LogP contribution >= 0.6 is 0 Å². The molecule has 2 rings (SSSR count). The van der Waals surface area contributed by atoms with Crippen molar-refractivity contribution in [2.45, 2.75) is 32.2 Å². The van der Waals surface area contributed by atoms with Gasteiger partial charge in [-0.25, -0.2) is 0 Å². The van der Waals surface area contributed by atoms with E-state index in [1.54, 1.807) is 0 Å². The van der Waals surface area contributed by atoms with Crippen molar-refractivity contribution in [2.24, 2.45) is 0 Å². The smallest absolute Gasteiger partial charge is 0.324 e. The number of esters is 1. The number of ether oxygens (including phenoxy) is 1. The number of hydrogen-bond donors (Lipinski definition) is 1. The van der Waals surface area contributed by atoms with Crippen LogP contribution in [0.2, 0.25) is 0 Å². The number of carbonyl (C=O) groups is 1. The van der Waals surface area contributed by atoms with Crippen LogP contribution in [0.25, 0.3) is 0 Å². The zero-order valence-corrected chi connectivity index (χ0v) is 13.0. The van der Waals surface area contributed by atoms with E-state index in [1.165, 1.54) is 5.56 Å².